The summed E-state index contributed by atoms with van der Waals surface area (Å²) in [4.78, 5) is 24.6. The fourth-order valence-electron chi connectivity index (χ4n) is 1.74. The van der Waals surface area contributed by atoms with Crippen LogP contribution in [0.1, 0.15) is 37.9 Å². The maximum Gasteiger partial charge on any atom is 0.410 e. The molecule has 0 bridgehead atoms. The molecule has 0 radical (unpaired) electrons. The third kappa shape index (κ3) is 4.09. The highest BCUT2D eigenvalue weighted by molar-refractivity contribution is 5.75. The van der Waals surface area contributed by atoms with Gasteiger partial charge in [0.1, 0.15) is 17.9 Å². The van der Waals surface area contributed by atoms with Crippen LogP contribution in [0.4, 0.5) is 4.79 Å². The second-order valence-corrected chi connectivity index (χ2v) is 5.53. The van der Waals surface area contributed by atoms with E-state index in [0.29, 0.717) is 0 Å². The maximum atomic E-state index is 12.0. The molecule has 1 amide bonds. The van der Waals surface area contributed by atoms with Gasteiger partial charge >= 0.3 is 6.09 Å². The largest absolute Gasteiger partial charge is 0.444 e. The number of rotatable bonds is 3. The molecule has 1 aromatic carbocycles. The predicted molar refractivity (Wildman–Crippen MR) is 74.0 cm³/mol. The Balaban J connectivity index is 2.95. The van der Waals surface area contributed by atoms with Crippen LogP contribution in [0.5, 0.6) is 0 Å². The molecule has 0 N–H and O–H groups in total. The van der Waals surface area contributed by atoms with Gasteiger partial charge in [0.05, 0.1) is 0 Å². The number of benzene rings is 1. The van der Waals surface area contributed by atoms with Crippen molar-refractivity contribution in [2.75, 3.05) is 7.05 Å². The Hall–Kier alpha value is -1.84. The van der Waals surface area contributed by atoms with Gasteiger partial charge in [-0.15, -0.1) is 0 Å². The van der Waals surface area contributed by atoms with E-state index in [0.717, 1.165) is 17.4 Å². The minimum Gasteiger partial charge on any atom is -0.444 e. The molecule has 1 rings (SSSR count). The van der Waals surface area contributed by atoms with Crippen molar-refractivity contribution >= 4 is 12.4 Å². The number of carbonyl (C=O) groups excluding carboxylic acids is 2. The van der Waals surface area contributed by atoms with Crippen LogP contribution < -0.4 is 0 Å². The van der Waals surface area contributed by atoms with Gasteiger partial charge in [0.2, 0.25) is 0 Å². The first-order valence-electron chi connectivity index (χ1n) is 6.23. The van der Waals surface area contributed by atoms with Crippen LogP contribution in [0, 0.1) is 6.92 Å². The lowest BCUT2D eigenvalue weighted by molar-refractivity contribution is -0.112. The van der Waals surface area contributed by atoms with Gasteiger partial charge in [0.25, 0.3) is 0 Å². The summed E-state index contributed by atoms with van der Waals surface area (Å²) in [5.41, 5.74) is 1.20. The SMILES string of the molecule is Cc1ccccc1C(C=O)N(C)C(=O)OC(C)(C)C. The van der Waals surface area contributed by atoms with Gasteiger partial charge in [-0.05, 0) is 38.8 Å². The van der Waals surface area contributed by atoms with Crippen molar-refractivity contribution in [1.82, 2.24) is 4.90 Å². The third-order valence-corrected chi connectivity index (χ3v) is 2.73. The molecule has 0 fully saturated rings. The molecular weight excluding hydrogens is 242 g/mol. The van der Waals surface area contributed by atoms with E-state index in [4.69, 9.17) is 4.74 Å². The molecule has 19 heavy (non-hydrogen) atoms. The lowest BCUT2D eigenvalue weighted by atomic mass is 10.0. The molecule has 0 aromatic heterocycles. The molecule has 4 heteroatoms. The molecule has 0 spiro atoms. The number of hydrogen-bond acceptors (Lipinski definition) is 3. The van der Waals surface area contributed by atoms with Crippen LogP contribution >= 0.6 is 0 Å². The quantitative estimate of drug-likeness (QED) is 0.787. The number of ether oxygens (including phenoxy) is 1. The first-order chi connectivity index (χ1) is 8.76. The van der Waals surface area contributed by atoms with Crippen LogP contribution in [-0.2, 0) is 9.53 Å². The summed E-state index contributed by atoms with van der Waals surface area (Å²) in [7, 11) is 1.57. The van der Waals surface area contributed by atoms with Crippen molar-refractivity contribution in [2.24, 2.45) is 0 Å². The van der Waals surface area contributed by atoms with E-state index in [2.05, 4.69) is 0 Å². The van der Waals surface area contributed by atoms with Crippen LogP contribution in [-0.4, -0.2) is 29.9 Å². The number of hydrogen-bond donors (Lipinski definition) is 0. The fraction of sp³-hybridized carbons (Fsp3) is 0.467. The van der Waals surface area contributed by atoms with Crippen molar-refractivity contribution in [3.05, 3.63) is 35.4 Å². The first kappa shape index (κ1) is 15.2. The molecule has 4 nitrogen and oxygen atoms in total. The van der Waals surface area contributed by atoms with Gasteiger partial charge in [-0.1, -0.05) is 24.3 Å². The maximum absolute atomic E-state index is 12.0. The molecule has 0 heterocycles. The highest BCUT2D eigenvalue weighted by Crippen LogP contribution is 2.22. The summed E-state index contributed by atoms with van der Waals surface area (Å²) >= 11 is 0. The Morgan fingerprint density at radius 3 is 2.37 bits per heavy atom. The van der Waals surface area contributed by atoms with Gasteiger partial charge in [0, 0.05) is 7.05 Å². The monoisotopic (exact) mass is 263 g/mol. The number of likely N-dealkylation sites (N-methyl/N-ethyl adjacent to an activating group) is 1. The van der Waals surface area contributed by atoms with Gasteiger partial charge < -0.3 is 9.53 Å². The lowest BCUT2D eigenvalue weighted by Crippen LogP contribution is -2.37. The number of aryl methyl sites for hydroxylation is 1. The third-order valence-electron chi connectivity index (χ3n) is 2.73. The van der Waals surface area contributed by atoms with E-state index in [9.17, 15) is 9.59 Å². The van der Waals surface area contributed by atoms with Crippen LogP contribution in [0.25, 0.3) is 0 Å². The van der Waals surface area contributed by atoms with E-state index < -0.39 is 17.7 Å². The minimum atomic E-state index is -0.629. The van der Waals surface area contributed by atoms with E-state index in [1.165, 1.54) is 4.90 Å². The summed E-state index contributed by atoms with van der Waals surface area (Å²) in [6, 6.07) is 6.87. The molecule has 104 valence electrons. The van der Waals surface area contributed by atoms with Gasteiger partial charge in [0.15, 0.2) is 0 Å². The molecule has 0 aliphatic rings. The topological polar surface area (TPSA) is 46.6 Å². The standard InChI is InChI=1S/C15H21NO3/c1-11-8-6-7-9-12(11)13(10-17)16(5)14(18)19-15(2,3)4/h6-10,13H,1-5H3. The second-order valence-electron chi connectivity index (χ2n) is 5.53. The number of nitrogens with zero attached hydrogens (tertiary/aromatic N) is 1. The zero-order valence-corrected chi connectivity index (χ0v) is 12.1. The molecule has 1 atom stereocenters. The number of carbonyl (C=O) groups is 2. The smallest absolute Gasteiger partial charge is 0.410 e. The number of aldehydes is 1. The first-order valence-corrected chi connectivity index (χ1v) is 6.23. The number of amides is 1. The van der Waals surface area contributed by atoms with Crippen molar-refractivity contribution in [1.29, 1.82) is 0 Å². The average molecular weight is 263 g/mol. The van der Waals surface area contributed by atoms with Gasteiger partial charge in [-0.3, -0.25) is 4.90 Å². The average Bonchev–Trinajstić information content (AvgIpc) is 2.30. The van der Waals surface area contributed by atoms with E-state index >= 15 is 0 Å². The minimum absolute atomic E-state index is 0.507. The van der Waals surface area contributed by atoms with Crippen molar-refractivity contribution in [3.8, 4) is 0 Å². The van der Waals surface area contributed by atoms with Gasteiger partial charge in [-0.25, -0.2) is 4.79 Å². The van der Waals surface area contributed by atoms with E-state index in [1.54, 1.807) is 27.8 Å². The van der Waals surface area contributed by atoms with Crippen molar-refractivity contribution in [2.45, 2.75) is 39.3 Å². The summed E-state index contributed by atoms with van der Waals surface area (Å²) < 4.78 is 5.27. The lowest BCUT2D eigenvalue weighted by Gasteiger charge is -2.28. The van der Waals surface area contributed by atoms with Crippen molar-refractivity contribution < 1.29 is 14.3 Å². The Bertz CT molecular complexity index is 463. The molecule has 1 unspecified atom stereocenters. The van der Waals surface area contributed by atoms with E-state index in [1.807, 2.05) is 31.2 Å². The molecule has 0 saturated heterocycles. The Morgan fingerprint density at radius 2 is 1.89 bits per heavy atom. The molecule has 0 saturated carbocycles. The summed E-state index contributed by atoms with van der Waals surface area (Å²) in [5.74, 6) is 0. The Labute approximate surface area is 114 Å². The zero-order valence-electron chi connectivity index (χ0n) is 12.1. The molecule has 0 aliphatic heterocycles. The van der Waals surface area contributed by atoms with Gasteiger partial charge in [-0.2, -0.15) is 0 Å². The van der Waals surface area contributed by atoms with Crippen LogP contribution in [0.15, 0.2) is 24.3 Å². The highest BCUT2D eigenvalue weighted by Gasteiger charge is 2.26. The summed E-state index contributed by atoms with van der Waals surface area (Å²) in [6.45, 7) is 7.29. The highest BCUT2D eigenvalue weighted by atomic mass is 16.6. The van der Waals surface area contributed by atoms with Crippen LogP contribution in [0.3, 0.4) is 0 Å². The van der Waals surface area contributed by atoms with Crippen molar-refractivity contribution in [3.63, 3.8) is 0 Å². The fourth-order valence-corrected chi connectivity index (χ4v) is 1.74. The normalized spacial score (nSPS) is 12.7. The molecule has 1 aromatic rings. The molecular formula is C15H21NO3. The summed E-state index contributed by atoms with van der Waals surface area (Å²) in [6.07, 6.45) is 0.250. The second kappa shape index (κ2) is 5.87. The zero-order chi connectivity index (χ0) is 14.6. The molecule has 0 aliphatic carbocycles. The van der Waals surface area contributed by atoms with E-state index in [-0.39, 0.29) is 0 Å². The van der Waals surface area contributed by atoms with Crippen LogP contribution in [0.2, 0.25) is 0 Å². The Morgan fingerprint density at radius 1 is 1.32 bits per heavy atom. The Kier molecular flexibility index (Phi) is 4.70. The summed E-state index contributed by atoms with van der Waals surface area (Å²) in [5, 5.41) is 0. The predicted octanol–water partition coefficient (Wildman–Crippen LogP) is 3.10.